The van der Waals surface area contributed by atoms with Crippen molar-refractivity contribution in [1.82, 2.24) is 4.90 Å². The molecule has 98 valence electrons. The molecule has 2 aliphatic rings. The van der Waals surface area contributed by atoms with Crippen molar-refractivity contribution in [2.24, 2.45) is 0 Å². The number of nitrogens with zero attached hydrogens (tertiary/aromatic N) is 1. The van der Waals surface area contributed by atoms with Crippen molar-refractivity contribution in [3.8, 4) is 0 Å². The smallest absolute Gasteiger partial charge is 0.261 e. The summed E-state index contributed by atoms with van der Waals surface area (Å²) in [5.74, 6) is -0.348. The minimum Gasteiger partial charge on any atom is -0.300 e. The van der Waals surface area contributed by atoms with Gasteiger partial charge in [0.15, 0.2) is 0 Å². The molecule has 3 rings (SSSR count). The number of carbonyl (C=O) groups excluding carboxylic acids is 3. The first kappa shape index (κ1) is 12.1. The van der Waals surface area contributed by atoms with Crippen LogP contribution in [0.5, 0.6) is 0 Å². The van der Waals surface area contributed by atoms with Gasteiger partial charge in [-0.3, -0.25) is 19.3 Å². The van der Waals surface area contributed by atoms with Crippen LogP contribution in [0.2, 0.25) is 0 Å². The highest BCUT2D eigenvalue weighted by atomic mass is 16.2. The van der Waals surface area contributed by atoms with Crippen molar-refractivity contribution in [2.45, 2.75) is 38.1 Å². The maximum absolute atomic E-state index is 12.3. The number of hydrogen-bond donors (Lipinski definition) is 0. The quantitative estimate of drug-likeness (QED) is 0.572. The summed E-state index contributed by atoms with van der Waals surface area (Å²) in [6, 6.07) is 6.60. The minimum absolute atomic E-state index is 0.152. The summed E-state index contributed by atoms with van der Waals surface area (Å²) >= 11 is 0. The number of hydrogen-bond acceptors (Lipinski definition) is 3. The molecule has 0 saturated heterocycles. The van der Waals surface area contributed by atoms with Gasteiger partial charge in [-0.05, 0) is 25.0 Å². The van der Waals surface area contributed by atoms with Gasteiger partial charge in [-0.1, -0.05) is 18.6 Å². The molecule has 1 aromatic carbocycles. The lowest BCUT2D eigenvalue weighted by atomic mass is 10.1. The lowest BCUT2D eigenvalue weighted by Crippen LogP contribution is -2.40. The van der Waals surface area contributed by atoms with Gasteiger partial charge in [0, 0.05) is 18.9 Å². The zero-order valence-electron chi connectivity index (χ0n) is 10.6. The van der Waals surface area contributed by atoms with Gasteiger partial charge in [0.2, 0.25) is 0 Å². The topological polar surface area (TPSA) is 54.5 Å². The van der Waals surface area contributed by atoms with E-state index < -0.39 is 0 Å². The molecule has 0 radical (unpaired) electrons. The van der Waals surface area contributed by atoms with Crippen molar-refractivity contribution in [3.63, 3.8) is 0 Å². The van der Waals surface area contributed by atoms with Crippen LogP contribution in [0.4, 0.5) is 0 Å². The Morgan fingerprint density at radius 1 is 0.947 bits per heavy atom. The first-order chi connectivity index (χ1) is 9.18. The van der Waals surface area contributed by atoms with E-state index in [0.717, 1.165) is 19.3 Å². The molecule has 1 aliphatic heterocycles. The molecule has 0 spiro atoms. The largest absolute Gasteiger partial charge is 0.300 e. The molecule has 0 unspecified atom stereocenters. The van der Waals surface area contributed by atoms with E-state index in [0.29, 0.717) is 24.0 Å². The van der Waals surface area contributed by atoms with Crippen molar-refractivity contribution < 1.29 is 14.4 Å². The number of amides is 2. The van der Waals surface area contributed by atoms with Crippen LogP contribution in [0.1, 0.15) is 52.8 Å². The predicted octanol–water partition coefficient (Wildman–Crippen LogP) is 2.18. The Labute approximate surface area is 111 Å². The Balaban J connectivity index is 1.93. The van der Waals surface area contributed by atoms with Crippen LogP contribution >= 0.6 is 0 Å². The van der Waals surface area contributed by atoms with Crippen LogP contribution in [-0.2, 0) is 4.79 Å². The van der Waals surface area contributed by atoms with E-state index in [9.17, 15) is 14.4 Å². The Morgan fingerprint density at radius 2 is 1.58 bits per heavy atom. The molecule has 4 nitrogen and oxygen atoms in total. The highest BCUT2D eigenvalue weighted by Crippen LogP contribution is 2.29. The third-order valence-corrected chi connectivity index (χ3v) is 3.90. The van der Waals surface area contributed by atoms with Gasteiger partial charge in [0.1, 0.15) is 5.78 Å². The molecule has 4 heteroatoms. The van der Waals surface area contributed by atoms with Gasteiger partial charge >= 0.3 is 0 Å². The molecular formula is C15H15NO3. The Hall–Kier alpha value is -1.97. The number of carbonyl (C=O) groups is 3. The second kappa shape index (κ2) is 4.61. The normalized spacial score (nSPS) is 23.5. The molecule has 1 saturated carbocycles. The van der Waals surface area contributed by atoms with Gasteiger partial charge in [0.25, 0.3) is 11.8 Å². The van der Waals surface area contributed by atoms with E-state index in [1.807, 2.05) is 0 Å². The molecule has 0 bridgehead atoms. The van der Waals surface area contributed by atoms with Crippen molar-refractivity contribution in [2.75, 3.05) is 0 Å². The standard InChI is InChI=1S/C15H15NO3/c17-11-6-2-1-5-10(9-11)16-14(18)12-7-3-4-8-13(12)15(16)19/h3-4,7-8,10H,1-2,5-6,9H2/t10-/m0/s1. The second-order valence-corrected chi connectivity index (χ2v) is 5.17. The number of imide groups is 1. The van der Waals surface area contributed by atoms with Crippen molar-refractivity contribution >= 4 is 17.6 Å². The van der Waals surface area contributed by atoms with Crippen LogP contribution in [0.25, 0.3) is 0 Å². The van der Waals surface area contributed by atoms with Gasteiger partial charge in [-0.2, -0.15) is 0 Å². The van der Waals surface area contributed by atoms with E-state index in [1.165, 1.54) is 4.90 Å². The fourth-order valence-electron chi connectivity index (χ4n) is 2.93. The summed E-state index contributed by atoms with van der Waals surface area (Å²) in [7, 11) is 0. The third kappa shape index (κ3) is 1.97. The van der Waals surface area contributed by atoms with E-state index in [4.69, 9.17) is 0 Å². The maximum atomic E-state index is 12.3. The number of fused-ring (bicyclic) bond motifs is 1. The van der Waals surface area contributed by atoms with Crippen molar-refractivity contribution in [3.05, 3.63) is 35.4 Å². The molecule has 2 amide bonds. The Kier molecular flexibility index (Phi) is 2.93. The fourth-order valence-corrected chi connectivity index (χ4v) is 2.93. The minimum atomic E-state index is -0.262. The fraction of sp³-hybridized carbons (Fsp3) is 0.400. The third-order valence-electron chi connectivity index (χ3n) is 3.90. The van der Waals surface area contributed by atoms with Crippen LogP contribution in [0.15, 0.2) is 24.3 Å². The average Bonchev–Trinajstić information content (AvgIpc) is 2.56. The molecular weight excluding hydrogens is 242 g/mol. The average molecular weight is 257 g/mol. The summed E-state index contributed by atoms with van der Waals surface area (Å²) in [6.45, 7) is 0. The van der Waals surface area contributed by atoms with E-state index in [-0.39, 0.29) is 23.6 Å². The van der Waals surface area contributed by atoms with E-state index in [2.05, 4.69) is 0 Å². The number of Topliss-reactive ketones (excluding diaryl/α,β-unsaturated/α-hetero) is 1. The zero-order valence-corrected chi connectivity index (χ0v) is 10.6. The molecule has 1 aliphatic carbocycles. The second-order valence-electron chi connectivity index (χ2n) is 5.17. The van der Waals surface area contributed by atoms with E-state index in [1.54, 1.807) is 24.3 Å². The first-order valence-electron chi connectivity index (χ1n) is 6.67. The molecule has 1 fully saturated rings. The number of ketones is 1. The lowest BCUT2D eigenvalue weighted by Gasteiger charge is -2.24. The van der Waals surface area contributed by atoms with E-state index >= 15 is 0 Å². The molecule has 19 heavy (non-hydrogen) atoms. The summed E-state index contributed by atoms with van der Waals surface area (Å²) in [6.07, 6.45) is 3.37. The lowest BCUT2D eigenvalue weighted by molar-refractivity contribution is -0.119. The SMILES string of the molecule is O=C1CCCC[C@H](N2C(=O)c3ccccc3C2=O)C1. The van der Waals surface area contributed by atoms with Crippen LogP contribution < -0.4 is 0 Å². The highest BCUT2D eigenvalue weighted by Gasteiger charge is 2.40. The number of benzene rings is 1. The van der Waals surface area contributed by atoms with Gasteiger partial charge in [-0.25, -0.2) is 0 Å². The Morgan fingerprint density at radius 3 is 2.21 bits per heavy atom. The summed E-state index contributed by atoms with van der Waals surface area (Å²) < 4.78 is 0. The highest BCUT2D eigenvalue weighted by molar-refractivity contribution is 6.21. The van der Waals surface area contributed by atoms with Gasteiger partial charge in [-0.15, -0.1) is 0 Å². The first-order valence-corrected chi connectivity index (χ1v) is 6.67. The zero-order chi connectivity index (χ0) is 13.4. The molecule has 1 aromatic rings. The molecule has 0 aromatic heterocycles. The molecule has 0 N–H and O–H groups in total. The maximum Gasteiger partial charge on any atom is 0.261 e. The van der Waals surface area contributed by atoms with Crippen LogP contribution in [-0.4, -0.2) is 28.5 Å². The number of rotatable bonds is 1. The summed E-state index contributed by atoms with van der Waals surface area (Å²) in [5, 5.41) is 0. The Bertz CT molecular complexity index is 529. The molecule has 1 heterocycles. The predicted molar refractivity (Wildman–Crippen MR) is 68.8 cm³/mol. The van der Waals surface area contributed by atoms with Gasteiger partial charge < -0.3 is 0 Å². The summed E-state index contributed by atoms with van der Waals surface area (Å²) in [5.41, 5.74) is 0.924. The monoisotopic (exact) mass is 257 g/mol. The summed E-state index contributed by atoms with van der Waals surface area (Å²) in [4.78, 5) is 37.6. The molecule has 1 atom stereocenters. The van der Waals surface area contributed by atoms with Gasteiger partial charge in [0.05, 0.1) is 11.1 Å². The van der Waals surface area contributed by atoms with Crippen LogP contribution in [0, 0.1) is 0 Å². The van der Waals surface area contributed by atoms with Crippen LogP contribution in [0.3, 0.4) is 0 Å². The van der Waals surface area contributed by atoms with Crippen molar-refractivity contribution in [1.29, 1.82) is 0 Å².